The molecule has 0 fully saturated rings. The molecule has 2 unspecified atom stereocenters. The number of Topliss-reactive ketones (excluding diaryl/α,β-unsaturated/α-hetero) is 1. The van der Waals surface area contributed by atoms with Crippen molar-refractivity contribution < 1.29 is 20.1 Å². The van der Waals surface area contributed by atoms with Gasteiger partial charge in [-0.1, -0.05) is 26.7 Å². The van der Waals surface area contributed by atoms with Crippen molar-refractivity contribution in [3.63, 3.8) is 0 Å². The van der Waals surface area contributed by atoms with Crippen LogP contribution in [0.4, 0.5) is 0 Å². The zero-order valence-electron chi connectivity index (χ0n) is 10.9. The Labute approximate surface area is 103 Å². The smallest absolute Gasteiger partial charge is 0.139 e. The quantitative estimate of drug-likeness (QED) is 0.570. The van der Waals surface area contributed by atoms with Crippen LogP contribution in [0.1, 0.15) is 46.5 Å². The molecule has 2 atom stereocenters. The summed E-state index contributed by atoms with van der Waals surface area (Å²) in [6, 6.07) is 0. The van der Waals surface area contributed by atoms with Gasteiger partial charge in [0.2, 0.25) is 0 Å². The van der Waals surface area contributed by atoms with Crippen molar-refractivity contribution in [2.24, 2.45) is 5.92 Å². The van der Waals surface area contributed by atoms with E-state index in [1.165, 1.54) is 0 Å². The van der Waals surface area contributed by atoms with E-state index in [0.717, 1.165) is 19.3 Å². The fourth-order valence-electron chi connectivity index (χ4n) is 1.57. The number of unbranched alkanes of at least 4 members (excludes halogenated alkanes) is 1. The van der Waals surface area contributed by atoms with Gasteiger partial charge in [0, 0.05) is 12.3 Å². The molecule has 4 nitrogen and oxygen atoms in total. The van der Waals surface area contributed by atoms with Crippen LogP contribution in [0.5, 0.6) is 0 Å². The molecule has 0 aliphatic carbocycles. The molecule has 17 heavy (non-hydrogen) atoms. The molecule has 4 heteroatoms. The van der Waals surface area contributed by atoms with Crippen LogP contribution in [0.25, 0.3) is 0 Å². The summed E-state index contributed by atoms with van der Waals surface area (Å²) >= 11 is 0. The maximum Gasteiger partial charge on any atom is 0.139 e. The number of rotatable bonds is 8. The average molecular weight is 244 g/mol. The molecule has 0 saturated carbocycles. The summed E-state index contributed by atoms with van der Waals surface area (Å²) in [4.78, 5) is 11.8. The van der Waals surface area contributed by atoms with Crippen LogP contribution in [0.2, 0.25) is 0 Å². The first-order valence-electron chi connectivity index (χ1n) is 6.14. The Morgan fingerprint density at radius 2 is 1.94 bits per heavy atom. The Morgan fingerprint density at radius 3 is 2.41 bits per heavy atom. The van der Waals surface area contributed by atoms with Crippen molar-refractivity contribution in [3.05, 3.63) is 11.3 Å². The number of hydrogen-bond acceptors (Lipinski definition) is 4. The van der Waals surface area contributed by atoms with E-state index in [2.05, 4.69) is 6.92 Å². The van der Waals surface area contributed by atoms with Crippen molar-refractivity contribution in [1.29, 1.82) is 0 Å². The molecule has 0 spiro atoms. The summed E-state index contributed by atoms with van der Waals surface area (Å²) in [6.45, 7) is 5.01. The van der Waals surface area contributed by atoms with Gasteiger partial charge in [-0.15, -0.1) is 0 Å². The highest BCUT2D eigenvalue weighted by atomic mass is 16.3. The summed E-state index contributed by atoms with van der Waals surface area (Å²) in [7, 11) is 0. The van der Waals surface area contributed by atoms with E-state index in [1.54, 1.807) is 6.92 Å². The number of allylic oxidation sites excluding steroid dienone is 1. The van der Waals surface area contributed by atoms with Gasteiger partial charge in [0.05, 0.1) is 6.61 Å². The first-order valence-corrected chi connectivity index (χ1v) is 6.14. The molecule has 0 rings (SSSR count). The van der Waals surface area contributed by atoms with Gasteiger partial charge in [0.25, 0.3) is 0 Å². The third-order valence-corrected chi connectivity index (χ3v) is 2.91. The highest BCUT2D eigenvalue weighted by Crippen LogP contribution is 2.16. The molecule has 0 aromatic rings. The Kier molecular flexibility index (Phi) is 7.83. The fraction of sp³-hybridized carbons (Fsp3) is 0.769. The van der Waals surface area contributed by atoms with Crippen LogP contribution in [-0.4, -0.2) is 33.8 Å². The summed E-state index contributed by atoms with van der Waals surface area (Å²) in [5, 5.41) is 27.4. The maximum atomic E-state index is 11.8. The van der Waals surface area contributed by atoms with E-state index < -0.39 is 12.7 Å². The molecular formula is C13H24O4. The van der Waals surface area contributed by atoms with E-state index in [9.17, 15) is 15.0 Å². The van der Waals surface area contributed by atoms with Crippen molar-refractivity contribution >= 4 is 5.78 Å². The first-order chi connectivity index (χ1) is 7.93. The van der Waals surface area contributed by atoms with Gasteiger partial charge in [-0.25, -0.2) is 0 Å². The van der Waals surface area contributed by atoms with Crippen LogP contribution < -0.4 is 0 Å². The summed E-state index contributed by atoms with van der Waals surface area (Å²) in [6.07, 6.45) is 1.77. The first kappa shape index (κ1) is 16.1. The highest BCUT2D eigenvalue weighted by Gasteiger charge is 2.17. The lowest BCUT2D eigenvalue weighted by Gasteiger charge is -2.13. The monoisotopic (exact) mass is 244 g/mol. The van der Waals surface area contributed by atoms with Gasteiger partial charge in [0.15, 0.2) is 0 Å². The van der Waals surface area contributed by atoms with Crippen molar-refractivity contribution in [1.82, 2.24) is 0 Å². The Balaban J connectivity index is 4.37. The number of ketones is 1. The molecular weight excluding hydrogens is 220 g/mol. The molecule has 3 N–H and O–H groups in total. The standard InChI is InChI=1S/C13H24O4/c1-4-5-6-9(2)11(15)7-10(3)13(17)12(16)8-14/h9,12,14,16-17H,4-8H2,1-3H3/b13-10+. The zero-order valence-corrected chi connectivity index (χ0v) is 10.9. The van der Waals surface area contributed by atoms with Crippen molar-refractivity contribution in [2.75, 3.05) is 6.61 Å². The summed E-state index contributed by atoms with van der Waals surface area (Å²) < 4.78 is 0. The molecule has 0 aromatic heterocycles. The minimum absolute atomic E-state index is 0.0241. The summed E-state index contributed by atoms with van der Waals surface area (Å²) in [5.41, 5.74) is 0.430. The number of aliphatic hydroxyl groups excluding tert-OH is 3. The molecule has 0 aliphatic rings. The predicted molar refractivity (Wildman–Crippen MR) is 66.7 cm³/mol. The lowest BCUT2D eigenvalue weighted by Crippen LogP contribution is -2.18. The van der Waals surface area contributed by atoms with Crippen molar-refractivity contribution in [2.45, 2.75) is 52.6 Å². The second-order valence-electron chi connectivity index (χ2n) is 4.55. The number of aliphatic hydroxyl groups is 3. The maximum absolute atomic E-state index is 11.8. The molecule has 0 aromatic carbocycles. The third-order valence-electron chi connectivity index (χ3n) is 2.91. The van der Waals surface area contributed by atoms with E-state index in [-0.39, 0.29) is 23.9 Å². The Morgan fingerprint density at radius 1 is 1.35 bits per heavy atom. The Bertz CT molecular complexity index is 271. The van der Waals surface area contributed by atoms with Crippen molar-refractivity contribution in [3.8, 4) is 0 Å². The van der Waals surface area contributed by atoms with Gasteiger partial charge in [-0.2, -0.15) is 0 Å². The molecule has 0 saturated heterocycles. The van der Waals surface area contributed by atoms with Gasteiger partial charge in [0.1, 0.15) is 17.6 Å². The Hall–Kier alpha value is -0.870. The van der Waals surface area contributed by atoms with Crippen LogP contribution >= 0.6 is 0 Å². The third kappa shape index (κ3) is 5.84. The lowest BCUT2D eigenvalue weighted by atomic mass is 9.94. The topological polar surface area (TPSA) is 77.8 Å². The lowest BCUT2D eigenvalue weighted by molar-refractivity contribution is -0.122. The van der Waals surface area contributed by atoms with Crippen LogP contribution in [-0.2, 0) is 4.79 Å². The molecule has 0 aliphatic heterocycles. The van der Waals surface area contributed by atoms with E-state index in [1.807, 2.05) is 6.92 Å². The van der Waals surface area contributed by atoms with E-state index >= 15 is 0 Å². The normalized spacial score (nSPS) is 16.3. The molecule has 0 heterocycles. The highest BCUT2D eigenvalue weighted by molar-refractivity contribution is 5.82. The SMILES string of the molecule is CCCCC(C)C(=O)C/C(C)=C(/O)C(O)CO. The van der Waals surface area contributed by atoms with Gasteiger partial charge < -0.3 is 15.3 Å². The minimum atomic E-state index is -1.28. The fourth-order valence-corrected chi connectivity index (χ4v) is 1.57. The van der Waals surface area contributed by atoms with Crippen LogP contribution in [0, 0.1) is 5.92 Å². The van der Waals surface area contributed by atoms with E-state index in [4.69, 9.17) is 5.11 Å². The summed E-state index contributed by atoms with van der Waals surface area (Å²) in [5.74, 6) is -0.250. The van der Waals surface area contributed by atoms with Crippen LogP contribution in [0.3, 0.4) is 0 Å². The van der Waals surface area contributed by atoms with E-state index in [0.29, 0.717) is 5.57 Å². The largest absolute Gasteiger partial charge is 0.510 e. The molecule has 0 amide bonds. The number of carbonyl (C=O) groups excluding carboxylic acids is 1. The van der Waals surface area contributed by atoms with Gasteiger partial charge in [-0.3, -0.25) is 4.79 Å². The zero-order chi connectivity index (χ0) is 13.4. The predicted octanol–water partition coefficient (Wildman–Crippen LogP) is 1.96. The van der Waals surface area contributed by atoms with Gasteiger partial charge >= 0.3 is 0 Å². The number of hydrogen-bond donors (Lipinski definition) is 3. The van der Waals surface area contributed by atoms with Crippen LogP contribution in [0.15, 0.2) is 11.3 Å². The second-order valence-corrected chi connectivity index (χ2v) is 4.55. The van der Waals surface area contributed by atoms with Gasteiger partial charge in [-0.05, 0) is 18.9 Å². The minimum Gasteiger partial charge on any atom is -0.510 e. The number of carbonyl (C=O) groups is 1. The molecule has 0 bridgehead atoms. The average Bonchev–Trinajstić information content (AvgIpc) is 2.33. The second kappa shape index (κ2) is 8.25. The molecule has 0 radical (unpaired) electrons. The molecule has 100 valence electrons.